The molecule has 1 aliphatic rings. The van der Waals surface area contributed by atoms with Crippen LogP contribution in [0.1, 0.15) is 48.5 Å². The average Bonchev–Trinajstić information content (AvgIpc) is 2.90. The molecule has 2 rings (SSSR count). The Morgan fingerprint density at radius 1 is 1.27 bits per heavy atom. The van der Waals surface area contributed by atoms with Gasteiger partial charge in [-0.1, -0.05) is 0 Å². The van der Waals surface area contributed by atoms with E-state index in [9.17, 15) is 4.79 Å². The van der Waals surface area contributed by atoms with Crippen molar-refractivity contribution in [2.75, 3.05) is 13.2 Å². The van der Waals surface area contributed by atoms with Gasteiger partial charge in [-0.2, -0.15) is 0 Å². The molecule has 1 saturated heterocycles. The van der Waals surface area contributed by atoms with Crippen LogP contribution < -0.4 is 15.5 Å². The van der Waals surface area contributed by atoms with Gasteiger partial charge in [0.2, 0.25) is 5.88 Å². The highest BCUT2D eigenvalue weighted by Gasteiger charge is 2.53. The predicted octanol–water partition coefficient (Wildman–Crippen LogP) is 1.62. The summed E-state index contributed by atoms with van der Waals surface area (Å²) in [5.74, 6) is 0.428. The molecule has 1 aromatic heterocycles. The largest absolute Gasteiger partial charge is 0.502 e. The third kappa shape index (κ3) is 4.91. The number of amides is 1. The molecule has 9 heteroatoms. The number of rotatable bonds is 5. The molecule has 1 N–H and O–H groups in total. The van der Waals surface area contributed by atoms with Crippen molar-refractivity contribution in [1.29, 1.82) is 0 Å². The third-order valence-electron chi connectivity index (χ3n) is 4.34. The van der Waals surface area contributed by atoms with Gasteiger partial charge in [-0.05, 0) is 48.5 Å². The molecule has 146 valence electrons. The van der Waals surface area contributed by atoms with Gasteiger partial charge >= 0.3 is 13.2 Å². The quantitative estimate of drug-likeness (QED) is 0.629. The van der Waals surface area contributed by atoms with Gasteiger partial charge in [0.25, 0.3) is 0 Å². The maximum Gasteiger partial charge on any atom is 0.502 e. The lowest BCUT2D eigenvalue weighted by molar-refractivity contribution is 0.00578. The van der Waals surface area contributed by atoms with Crippen LogP contribution in [0.15, 0.2) is 6.20 Å². The maximum atomic E-state index is 11.6. The van der Waals surface area contributed by atoms with E-state index in [-0.39, 0.29) is 6.61 Å². The minimum Gasteiger partial charge on any atom is -0.475 e. The second-order valence-electron chi connectivity index (χ2n) is 8.43. The molecular weight excluding hydrogens is 337 g/mol. The summed E-state index contributed by atoms with van der Waals surface area (Å²) in [6, 6.07) is 0. The first-order valence-electron chi connectivity index (χ1n) is 8.79. The Labute approximate surface area is 155 Å². The molecule has 1 aliphatic heterocycles. The van der Waals surface area contributed by atoms with Gasteiger partial charge in [0.1, 0.15) is 12.2 Å². The summed E-state index contributed by atoms with van der Waals surface area (Å²) in [5, 5.41) is 6.97. The van der Waals surface area contributed by atoms with Crippen LogP contribution in [0.25, 0.3) is 0 Å². The van der Waals surface area contributed by atoms with Gasteiger partial charge in [0.05, 0.1) is 23.2 Å². The van der Waals surface area contributed by atoms with Crippen LogP contribution in [-0.2, 0) is 21.1 Å². The SMILES string of the molecule is Cn1cc(B2OC(C)(C)C(C)(C)O2)c(OCCNC(=O)OC(C)(C)C)n1. The maximum absolute atomic E-state index is 11.6. The predicted molar refractivity (Wildman–Crippen MR) is 98.7 cm³/mol. The first-order valence-corrected chi connectivity index (χ1v) is 8.79. The van der Waals surface area contributed by atoms with E-state index in [0.717, 1.165) is 5.46 Å². The molecule has 2 heterocycles. The summed E-state index contributed by atoms with van der Waals surface area (Å²) in [5.41, 5.74) is -0.689. The number of hydrogen-bond donors (Lipinski definition) is 1. The van der Waals surface area contributed by atoms with E-state index >= 15 is 0 Å². The Morgan fingerprint density at radius 2 is 1.85 bits per heavy atom. The van der Waals surface area contributed by atoms with Gasteiger partial charge in [-0.3, -0.25) is 4.68 Å². The fraction of sp³-hybridized carbons (Fsp3) is 0.765. The Morgan fingerprint density at radius 3 is 2.38 bits per heavy atom. The number of nitrogens with one attached hydrogen (secondary N) is 1. The van der Waals surface area contributed by atoms with Gasteiger partial charge in [-0.15, -0.1) is 5.10 Å². The highest BCUT2D eigenvalue weighted by atomic mass is 16.7. The molecule has 1 fully saturated rings. The van der Waals surface area contributed by atoms with E-state index in [0.29, 0.717) is 12.4 Å². The van der Waals surface area contributed by atoms with Crippen LogP contribution in [-0.4, -0.2) is 52.9 Å². The van der Waals surface area contributed by atoms with Gasteiger partial charge in [0.15, 0.2) is 0 Å². The third-order valence-corrected chi connectivity index (χ3v) is 4.34. The Kier molecular flexibility index (Phi) is 5.63. The number of carbonyl (C=O) groups is 1. The zero-order valence-electron chi connectivity index (χ0n) is 17.0. The number of nitrogens with zero attached hydrogens (tertiary/aromatic N) is 2. The number of alkyl carbamates (subject to hydrolysis) is 1. The molecule has 0 aliphatic carbocycles. The van der Waals surface area contributed by atoms with Crippen LogP contribution in [0.2, 0.25) is 0 Å². The Hall–Kier alpha value is -1.74. The molecule has 0 saturated carbocycles. The van der Waals surface area contributed by atoms with Crippen molar-refractivity contribution >= 4 is 18.7 Å². The average molecular weight is 367 g/mol. The van der Waals surface area contributed by atoms with E-state index in [1.165, 1.54) is 0 Å². The first-order chi connectivity index (χ1) is 11.8. The Balaban J connectivity index is 1.93. The molecule has 1 aromatic rings. The Bertz CT molecular complexity index is 635. The van der Waals surface area contributed by atoms with Crippen molar-refractivity contribution in [1.82, 2.24) is 15.1 Å². The fourth-order valence-electron chi connectivity index (χ4n) is 2.35. The topological polar surface area (TPSA) is 83.8 Å². The van der Waals surface area contributed by atoms with Gasteiger partial charge in [-0.25, -0.2) is 4.79 Å². The normalized spacial score (nSPS) is 18.7. The summed E-state index contributed by atoms with van der Waals surface area (Å²) >= 11 is 0. The lowest BCUT2D eigenvalue weighted by Gasteiger charge is -2.32. The molecule has 0 atom stereocenters. The van der Waals surface area contributed by atoms with E-state index in [4.69, 9.17) is 18.8 Å². The monoisotopic (exact) mass is 367 g/mol. The zero-order chi connectivity index (χ0) is 19.8. The highest BCUT2D eigenvalue weighted by Crippen LogP contribution is 2.37. The van der Waals surface area contributed by atoms with E-state index in [2.05, 4.69) is 10.4 Å². The number of aromatic nitrogens is 2. The summed E-state index contributed by atoms with van der Waals surface area (Å²) in [7, 11) is 1.25. The molecule has 0 radical (unpaired) electrons. The van der Waals surface area contributed by atoms with E-state index in [1.54, 1.807) is 11.7 Å². The second-order valence-corrected chi connectivity index (χ2v) is 8.43. The molecular formula is C17H30BN3O5. The summed E-state index contributed by atoms with van der Waals surface area (Å²) < 4.78 is 24.7. The zero-order valence-corrected chi connectivity index (χ0v) is 17.0. The summed E-state index contributed by atoms with van der Waals surface area (Å²) in [6.07, 6.45) is 1.34. The van der Waals surface area contributed by atoms with Crippen LogP contribution >= 0.6 is 0 Å². The molecule has 0 spiro atoms. The molecule has 0 aromatic carbocycles. The minimum atomic E-state index is -0.553. The lowest BCUT2D eigenvalue weighted by atomic mass is 9.81. The molecule has 26 heavy (non-hydrogen) atoms. The number of aryl methyl sites for hydroxylation is 1. The van der Waals surface area contributed by atoms with Crippen LogP contribution in [0.3, 0.4) is 0 Å². The van der Waals surface area contributed by atoms with Crippen LogP contribution in [0, 0.1) is 0 Å². The fourth-order valence-corrected chi connectivity index (χ4v) is 2.35. The van der Waals surface area contributed by atoms with Crippen molar-refractivity contribution < 1.29 is 23.6 Å². The first kappa shape index (κ1) is 20.6. The lowest BCUT2D eigenvalue weighted by Crippen LogP contribution is -2.41. The van der Waals surface area contributed by atoms with Gasteiger partial charge < -0.3 is 24.1 Å². The van der Waals surface area contributed by atoms with Crippen molar-refractivity contribution in [2.45, 2.75) is 65.3 Å². The van der Waals surface area contributed by atoms with Gasteiger partial charge in [0, 0.05) is 13.2 Å². The molecule has 8 nitrogen and oxygen atoms in total. The molecule has 0 unspecified atom stereocenters. The molecule has 1 amide bonds. The standard InChI is InChI=1S/C17H30BN3O5/c1-15(2,3)24-14(22)19-9-10-23-13-12(11-21(8)20-13)18-25-16(4,5)17(6,7)26-18/h11H,9-10H2,1-8H3,(H,19,22). The van der Waals surface area contributed by atoms with Crippen molar-refractivity contribution in [3.63, 3.8) is 0 Å². The van der Waals surface area contributed by atoms with Crippen molar-refractivity contribution in [2.24, 2.45) is 7.05 Å². The van der Waals surface area contributed by atoms with E-state index < -0.39 is 30.0 Å². The van der Waals surface area contributed by atoms with Crippen molar-refractivity contribution in [3.8, 4) is 5.88 Å². The number of carbonyl (C=O) groups excluding carboxylic acids is 1. The van der Waals surface area contributed by atoms with Crippen LogP contribution in [0.4, 0.5) is 4.79 Å². The van der Waals surface area contributed by atoms with E-state index in [1.807, 2.05) is 54.7 Å². The number of hydrogen-bond acceptors (Lipinski definition) is 6. The highest BCUT2D eigenvalue weighted by molar-refractivity contribution is 6.63. The number of ether oxygens (including phenoxy) is 2. The summed E-state index contributed by atoms with van der Waals surface area (Å²) in [6.45, 7) is 14.0. The second kappa shape index (κ2) is 7.11. The minimum absolute atomic E-state index is 0.253. The molecule has 0 bridgehead atoms. The van der Waals surface area contributed by atoms with Crippen molar-refractivity contribution in [3.05, 3.63) is 6.20 Å². The van der Waals surface area contributed by atoms with Crippen LogP contribution in [0.5, 0.6) is 5.88 Å². The smallest absolute Gasteiger partial charge is 0.475 e. The summed E-state index contributed by atoms with van der Waals surface area (Å²) in [4.78, 5) is 11.6.